The largest absolute Gasteiger partial charge is 0.309 e. The van der Waals surface area contributed by atoms with Crippen LogP contribution in [0, 0.1) is 0 Å². The monoisotopic (exact) mass is 811 g/mol. The van der Waals surface area contributed by atoms with Crippen molar-refractivity contribution in [1.82, 2.24) is 14.1 Å². The molecule has 0 unspecified atom stereocenters. The fourth-order valence-electron chi connectivity index (χ4n) is 11.1. The van der Waals surface area contributed by atoms with E-state index in [4.69, 9.17) is 0 Å². The summed E-state index contributed by atoms with van der Waals surface area (Å²) in [6.07, 6.45) is 3.88. The summed E-state index contributed by atoms with van der Waals surface area (Å²) in [5.74, 6) is 0. The molecule has 64 heavy (non-hydrogen) atoms. The zero-order valence-electron chi connectivity index (χ0n) is 34.7. The molecule has 0 spiro atoms. The fourth-order valence-corrected chi connectivity index (χ4v) is 11.1. The lowest BCUT2D eigenvalue weighted by atomic mass is 9.82. The van der Waals surface area contributed by atoms with Gasteiger partial charge in [-0.05, 0) is 132 Å². The maximum atomic E-state index is 4.58. The van der Waals surface area contributed by atoms with E-state index in [1.165, 1.54) is 115 Å². The van der Waals surface area contributed by atoms with Crippen molar-refractivity contribution in [3.8, 4) is 67.0 Å². The number of para-hydroxylation sites is 2. The van der Waals surface area contributed by atoms with Crippen LogP contribution in [-0.2, 0) is 0 Å². The third-order valence-corrected chi connectivity index (χ3v) is 13.7. The number of aromatic nitrogens is 3. The fraction of sp³-hybridized carbons (Fsp3) is 0. The van der Waals surface area contributed by atoms with Crippen molar-refractivity contribution in [3.05, 3.63) is 225 Å². The van der Waals surface area contributed by atoms with Crippen molar-refractivity contribution in [2.24, 2.45) is 0 Å². The van der Waals surface area contributed by atoms with Crippen LogP contribution in [0.2, 0.25) is 0 Å². The maximum absolute atomic E-state index is 4.58. The molecule has 3 aromatic heterocycles. The molecule has 0 N–H and O–H groups in total. The van der Waals surface area contributed by atoms with E-state index in [9.17, 15) is 0 Å². The SMILES string of the molecule is c1ccc(-c2c3c(c(-c4ccccc4)c4ccccc24)-c2ccc(-c4ccc5c(c4)c4cc(-n6c7ccccc7c7ccncc76)ccc4n5-c4ccccc4)c4cccc-3c24)cc1. The van der Waals surface area contributed by atoms with E-state index in [0.29, 0.717) is 0 Å². The Morgan fingerprint density at radius 1 is 0.281 bits per heavy atom. The number of benzene rings is 10. The summed E-state index contributed by atoms with van der Waals surface area (Å²) < 4.78 is 4.78. The smallest absolute Gasteiger partial charge is 0.0724 e. The van der Waals surface area contributed by atoms with Crippen LogP contribution < -0.4 is 0 Å². The molecule has 296 valence electrons. The van der Waals surface area contributed by atoms with Crippen LogP contribution in [0.5, 0.6) is 0 Å². The van der Waals surface area contributed by atoms with Gasteiger partial charge in [-0.2, -0.15) is 0 Å². The van der Waals surface area contributed by atoms with Crippen LogP contribution >= 0.6 is 0 Å². The third kappa shape index (κ3) is 4.89. The topological polar surface area (TPSA) is 22.8 Å². The van der Waals surface area contributed by atoms with Crippen LogP contribution in [0.15, 0.2) is 225 Å². The maximum Gasteiger partial charge on any atom is 0.0724 e. The van der Waals surface area contributed by atoms with Crippen LogP contribution in [0.1, 0.15) is 0 Å². The van der Waals surface area contributed by atoms with Gasteiger partial charge in [0.2, 0.25) is 0 Å². The Hall–Kier alpha value is -8.53. The van der Waals surface area contributed by atoms with Crippen LogP contribution in [0.4, 0.5) is 0 Å². The average molecular weight is 812 g/mol. The van der Waals surface area contributed by atoms with Crippen molar-refractivity contribution < 1.29 is 0 Å². The van der Waals surface area contributed by atoms with E-state index in [1.807, 2.05) is 12.4 Å². The van der Waals surface area contributed by atoms with Gasteiger partial charge < -0.3 is 9.13 Å². The number of rotatable bonds is 5. The molecule has 0 fully saturated rings. The Kier molecular flexibility index (Phi) is 7.40. The number of pyridine rings is 1. The first-order valence-electron chi connectivity index (χ1n) is 22.0. The Morgan fingerprint density at radius 2 is 0.812 bits per heavy atom. The summed E-state index contributed by atoms with van der Waals surface area (Å²) in [6.45, 7) is 0. The lowest BCUT2D eigenvalue weighted by Gasteiger charge is -2.20. The minimum atomic E-state index is 1.10. The predicted molar refractivity (Wildman–Crippen MR) is 269 cm³/mol. The molecular weight excluding hydrogens is 775 g/mol. The van der Waals surface area contributed by atoms with E-state index in [0.717, 1.165) is 16.9 Å². The van der Waals surface area contributed by atoms with Gasteiger partial charge in [0.15, 0.2) is 0 Å². The molecular formula is C61H37N3. The molecule has 0 bridgehead atoms. The highest BCUT2D eigenvalue weighted by molar-refractivity contribution is 6.29. The van der Waals surface area contributed by atoms with E-state index in [2.05, 4.69) is 226 Å². The van der Waals surface area contributed by atoms with Gasteiger partial charge in [0.25, 0.3) is 0 Å². The van der Waals surface area contributed by atoms with Crippen molar-refractivity contribution in [1.29, 1.82) is 0 Å². The van der Waals surface area contributed by atoms with Gasteiger partial charge in [0, 0.05) is 39.1 Å². The van der Waals surface area contributed by atoms with Crippen molar-refractivity contribution in [2.75, 3.05) is 0 Å². The Morgan fingerprint density at radius 3 is 1.53 bits per heavy atom. The lowest BCUT2D eigenvalue weighted by molar-refractivity contribution is 1.16. The summed E-state index contributed by atoms with van der Waals surface area (Å²) >= 11 is 0. The highest BCUT2D eigenvalue weighted by Gasteiger charge is 2.31. The van der Waals surface area contributed by atoms with Gasteiger partial charge in [-0.1, -0.05) is 158 Å². The molecule has 3 heterocycles. The van der Waals surface area contributed by atoms with Gasteiger partial charge in [-0.15, -0.1) is 0 Å². The molecule has 3 nitrogen and oxygen atoms in total. The lowest BCUT2D eigenvalue weighted by Crippen LogP contribution is -1.95. The number of fused-ring (bicyclic) bond motifs is 10. The molecule has 0 aliphatic heterocycles. The molecule has 0 amide bonds. The first kappa shape index (κ1) is 35.1. The normalized spacial score (nSPS) is 12.1. The van der Waals surface area contributed by atoms with E-state index in [-0.39, 0.29) is 0 Å². The van der Waals surface area contributed by atoms with Gasteiger partial charge in [-0.25, -0.2) is 0 Å². The number of nitrogens with zero attached hydrogens (tertiary/aromatic N) is 3. The minimum Gasteiger partial charge on any atom is -0.309 e. The molecule has 0 saturated heterocycles. The summed E-state index contributed by atoms with van der Waals surface area (Å²) in [4.78, 5) is 4.58. The van der Waals surface area contributed by atoms with Crippen LogP contribution in [0.3, 0.4) is 0 Å². The van der Waals surface area contributed by atoms with E-state index >= 15 is 0 Å². The van der Waals surface area contributed by atoms with Crippen LogP contribution in [0.25, 0.3) is 132 Å². The van der Waals surface area contributed by atoms with E-state index in [1.54, 1.807) is 0 Å². The average Bonchev–Trinajstić information content (AvgIpc) is 4.00. The minimum absolute atomic E-state index is 1.10. The highest BCUT2D eigenvalue weighted by Crippen LogP contribution is 2.58. The van der Waals surface area contributed by atoms with Crippen molar-refractivity contribution in [2.45, 2.75) is 0 Å². The molecule has 0 saturated carbocycles. The van der Waals surface area contributed by atoms with Gasteiger partial charge in [0.1, 0.15) is 0 Å². The quantitative estimate of drug-likeness (QED) is 0.170. The number of hydrogen-bond acceptors (Lipinski definition) is 1. The molecule has 10 aromatic carbocycles. The molecule has 3 heteroatoms. The number of hydrogen-bond donors (Lipinski definition) is 0. The van der Waals surface area contributed by atoms with Gasteiger partial charge in [-0.3, -0.25) is 4.98 Å². The predicted octanol–water partition coefficient (Wildman–Crippen LogP) is 16.2. The second-order valence-corrected chi connectivity index (χ2v) is 17.0. The second kappa shape index (κ2) is 13.5. The van der Waals surface area contributed by atoms with Gasteiger partial charge >= 0.3 is 0 Å². The van der Waals surface area contributed by atoms with E-state index < -0.39 is 0 Å². The Balaban J connectivity index is 1.04. The summed E-state index contributed by atoms with van der Waals surface area (Å²) in [5.41, 5.74) is 19.6. The zero-order chi connectivity index (χ0) is 41.9. The third-order valence-electron chi connectivity index (χ3n) is 13.7. The van der Waals surface area contributed by atoms with Gasteiger partial charge in [0.05, 0.1) is 28.3 Å². The first-order chi connectivity index (χ1) is 31.8. The molecule has 13 aromatic rings. The molecule has 0 radical (unpaired) electrons. The van der Waals surface area contributed by atoms with Crippen LogP contribution in [-0.4, -0.2) is 14.1 Å². The molecule has 1 aliphatic rings. The Labute approximate surface area is 369 Å². The Bertz CT molecular complexity index is 3900. The van der Waals surface area contributed by atoms with Crippen molar-refractivity contribution in [3.63, 3.8) is 0 Å². The zero-order valence-corrected chi connectivity index (χ0v) is 34.7. The van der Waals surface area contributed by atoms with Crippen molar-refractivity contribution >= 4 is 65.2 Å². The summed E-state index contributed by atoms with van der Waals surface area (Å²) in [7, 11) is 0. The second-order valence-electron chi connectivity index (χ2n) is 17.0. The molecule has 14 rings (SSSR count). The molecule has 1 aliphatic carbocycles. The standard InChI is InChI=1S/C61H37N3/c1-4-15-38(16-5-1)57-47-22-10-11-23-48(47)58(39-17-6-2-7-18-39)61-50-30-29-43(46-24-14-25-49(59(46)50)60(57)61)40-27-31-54-51(35-40)52-36-42(28-32-55(52)63(54)41-19-8-3-9-20-41)64-53-26-13-12-21-44(53)45-33-34-62-37-56(45)64/h1-37H. The first-order valence-corrected chi connectivity index (χ1v) is 22.0. The molecule has 0 atom stereocenters. The summed E-state index contributed by atoms with van der Waals surface area (Å²) in [5, 5.41) is 9.97. The summed E-state index contributed by atoms with van der Waals surface area (Å²) in [6, 6.07) is 78.2. The highest BCUT2D eigenvalue weighted by atomic mass is 15.0.